The molecule has 4 N–H and O–H groups in total. The molecule has 0 radical (unpaired) electrons. The number of hydrogen-bond donors (Lipinski definition) is 3. The van der Waals surface area contributed by atoms with Crippen LogP contribution in [0.4, 0.5) is 0 Å². The lowest BCUT2D eigenvalue weighted by Crippen LogP contribution is -2.25. The Morgan fingerprint density at radius 1 is 1.62 bits per heavy atom. The summed E-state index contributed by atoms with van der Waals surface area (Å²) < 4.78 is 0. The fourth-order valence-corrected chi connectivity index (χ4v) is 0.473. The zero-order valence-corrected chi connectivity index (χ0v) is 8.53. The maximum absolute atomic E-state index is 9.45. The molecule has 0 saturated heterocycles. The molecule has 0 amide bonds. The van der Waals surface area contributed by atoms with Crippen LogP contribution in [0.1, 0.15) is 20.3 Å². The van der Waals surface area contributed by atoms with Gasteiger partial charge in [0.2, 0.25) is 0 Å². The van der Waals surface area contributed by atoms with Gasteiger partial charge in [0.05, 0.1) is 0 Å². The molecule has 0 fully saturated rings. The number of carboxylic acids is 1. The molecule has 0 aromatic heterocycles. The van der Waals surface area contributed by atoms with Crippen LogP contribution in [0.3, 0.4) is 0 Å². The van der Waals surface area contributed by atoms with E-state index >= 15 is 0 Å². The molecule has 0 saturated carbocycles. The van der Waals surface area contributed by atoms with E-state index in [2.05, 4.69) is 11.8 Å². The molecule has 0 spiro atoms. The van der Waals surface area contributed by atoms with E-state index in [1.165, 1.54) is 13.3 Å². The highest BCUT2D eigenvalue weighted by Gasteiger charge is 2.01. The number of carboxylic acid groups (broad SMARTS) is 1. The summed E-state index contributed by atoms with van der Waals surface area (Å²) in [7, 11) is 2.02. The number of rotatable bonds is 4. The highest BCUT2D eigenvalue weighted by Crippen LogP contribution is 1.79. The van der Waals surface area contributed by atoms with Crippen LogP contribution in [-0.4, -0.2) is 47.4 Å². The highest BCUT2D eigenvalue weighted by atomic mass is 16.4. The topological polar surface area (TPSA) is 86.8 Å². The molecule has 13 heavy (non-hydrogen) atoms. The summed E-state index contributed by atoms with van der Waals surface area (Å²) in [6.07, 6.45) is -0.0433. The first-order chi connectivity index (χ1) is 5.95. The zero-order valence-electron chi connectivity index (χ0n) is 8.53. The van der Waals surface area contributed by atoms with E-state index in [9.17, 15) is 4.79 Å². The van der Waals surface area contributed by atoms with Gasteiger partial charge in [-0.15, -0.1) is 0 Å². The Hall–Kier alpha value is -0.650. The molecule has 1 unspecified atom stereocenters. The van der Waals surface area contributed by atoms with E-state index in [0.29, 0.717) is 6.67 Å². The van der Waals surface area contributed by atoms with Crippen molar-refractivity contribution in [3.8, 4) is 0 Å². The summed E-state index contributed by atoms with van der Waals surface area (Å²) in [4.78, 5) is 11.5. The average Bonchev–Trinajstić information content (AvgIpc) is 2.05. The van der Waals surface area contributed by atoms with Crippen LogP contribution >= 0.6 is 0 Å². The quantitative estimate of drug-likeness (QED) is 0.532. The number of carbonyl (C=O) groups is 1. The molecule has 80 valence electrons. The normalized spacial score (nSPS) is 11.8. The summed E-state index contributed by atoms with van der Waals surface area (Å²) in [6.45, 7) is 5.12. The molecule has 0 aromatic rings. The number of nitrogens with two attached hydrogens (primary N) is 1. The minimum absolute atomic E-state index is 0.674. The predicted molar refractivity (Wildman–Crippen MR) is 51.3 cm³/mol. The molecule has 0 heterocycles. The molecule has 0 bridgehead atoms. The smallest absolute Gasteiger partial charge is 0.332 e. The Labute approximate surface area is 79.1 Å². The van der Waals surface area contributed by atoms with Crippen molar-refractivity contribution in [2.75, 3.05) is 20.3 Å². The van der Waals surface area contributed by atoms with Crippen molar-refractivity contribution in [2.24, 2.45) is 5.73 Å². The summed E-state index contributed by atoms with van der Waals surface area (Å²) in [5.74, 6) is -1.19. The van der Waals surface area contributed by atoms with E-state index < -0.39 is 12.1 Å². The number of aliphatic hydroxyl groups excluding tert-OH is 1. The Bertz CT molecular complexity index is 129. The first-order valence-electron chi connectivity index (χ1n) is 4.25. The van der Waals surface area contributed by atoms with Gasteiger partial charge < -0.3 is 15.9 Å². The SMILES string of the molecule is CC(O)C(=O)O.CCCN(C)CN. The summed E-state index contributed by atoms with van der Waals surface area (Å²) >= 11 is 0. The second-order valence-corrected chi connectivity index (χ2v) is 2.78. The summed E-state index contributed by atoms with van der Waals surface area (Å²) in [5, 5.41) is 15.8. The summed E-state index contributed by atoms with van der Waals surface area (Å²) in [6, 6.07) is 0. The van der Waals surface area contributed by atoms with Crippen LogP contribution in [-0.2, 0) is 4.79 Å². The van der Waals surface area contributed by atoms with E-state index in [4.69, 9.17) is 15.9 Å². The van der Waals surface area contributed by atoms with Crippen molar-refractivity contribution in [3.05, 3.63) is 0 Å². The lowest BCUT2D eigenvalue weighted by atomic mass is 10.4. The second-order valence-electron chi connectivity index (χ2n) is 2.78. The van der Waals surface area contributed by atoms with Crippen LogP contribution in [0.2, 0.25) is 0 Å². The largest absolute Gasteiger partial charge is 0.479 e. The molecule has 5 heteroatoms. The standard InChI is InChI=1S/C5H14N2.C3H6O3/c1-3-4-7(2)5-6;1-2(4)3(5)6/h3-6H2,1-2H3;2,4H,1H3,(H,5,6). The number of nitrogens with zero attached hydrogens (tertiary/aromatic N) is 1. The van der Waals surface area contributed by atoms with Gasteiger partial charge in [-0.2, -0.15) is 0 Å². The Balaban J connectivity index is 0. The number of hydrogen-bond acceptors (Lipinski definition) is 4. The Kier molecular flexibility index (Phi) is 10.8. The van der Waals surface area contributed by atoms with Gasteiger partial charge in [-0.05, 0) is 26.9 Å². The molecule has 1 atom stereocenters. The fraction of sp³-hybridized carbons (Fsp3) is 0.875. The van der Waals surface area contributed by atoms with Crippen molar-refractivity contribution >= 4 is 5.97 Å². The molecule has 0 aliphatic rings. The lowest BCUT2D eigenvalue weighted by Gasteiger charge is -2.09. The molecule has 0 rings (SSSR count). The van der Waals surface area contributed by atoms with Gasteiger partial charge in [0.1, 0.15) is 6.10 Å². The van der Waals surface area contributed by atoms with E-state index in [1.807, 2.05) is 7.05 Å². The lowest BCUT2D eigenvalue weighted by molar-refractivity contribution is -0.145. The van der Waals surface area contributed by atoms with Crippen LogP contribution in [0.25, 0.3) is 0 Å². The van der Waals surface area contributed by atoms with Crippen LogP contribution in [0, 0.1) is 0 Å². The van der Waals surface area contributed by atoms with Crippen molar-refractivity contribution in [2.45, 2.75) is 26.4 Å². The Morgan fingerprint density at radius 2 is 2.00 bits per heavy atom. The van der Waals surface area contributed by atoms with E-state index in [0.717, 1.165) is 6.54 Å². The van der Waals surface area contributed by atoms with Gasteiger partial charge in [0.15, 0.2) is 0 Å². The van der Waals surface area contributed by atoms with Crippen molar-refractivity contribution in [1.29, 1.82) is 0 Å². The maximum Gasteiger partial charge on any atom is 0.332 e. The minimum atomic E-state index is -1.23. The van der Waals surface area contributed by atoms with Crippen molar-refractivity contribution < 1.29 is 15.0 Å². The van der Waals surface area contributed by atoms with Gasteiger partial charge in [-0.1, -0.05) is 6.92 Å². The third kappa shape index (κ3) is 14.2. The number of aliphatic hydroxyl groups is 1. The molecule has 0 aliphatic heterocycles. The monoisotopic (exact) mass is 192 g/mol. The maximum atomic E-state index is 9.45. The van der Waals surface area contributed by atoms with Crippen molar-refractivity contribution in [1.82, 2.24) is 4.90 Å². The van der Waals surface area contributed by atoms with E-state index in [1.54, 1.807) is 0 Å². The first-order valence-corrected chi connectivity index (χ1v) is 4.25. The number of aliphatic carboxylic acids is 1. The summed E-state index contributed by atoms with van der Waals surface area (Å²) in [5.41, 5.74) is 5.28. The minimum Gasteiger partial charge on any atom is -0.479 e. The van der Waals surface area contributed by atoms with Gasteiger partial charge in [0.25, 0.3) is 0 Å². The predicted octanol–water partition coefficient (Wildman–Crippen LogP) is -0.304. The molecular formula is C8H20N2O3. The molecular weight excluding hydrogens is 172 g/mol. The van der Waals surface area contributed by atoms with Gasteiger partial charge >= 0.3 is 5.97 Å². The van der Waals surface area contributed by atoms with E-state index in [-0.39, 0.29) is 0 Å². The highest BCUT2D eigenvalue weighted by molar-refractivity contribution is 5.71. The average molecular weight is 192 g/mol. The first kappa shape index (κ1) is 14.9. The van der Waals surface area contributed by atoms with Crippen LogP contribution in [0.15, 0.2) is 0 Å². The zero-order chi connectivity index (χ0) is 10.9. The third-order valence-electron chi connectivity index (χ3n) is 1.27. The van der Waals surface area contributed by atoms with Crippen LogP contribution < -0.4 is 5.73 Å². The van der Waals surface area contributed by atoms with Gasteiger partial charge in [-0.3, -0.25) is 4.90 Å². The Morgan fingerprint density at radius 3 is 2.08 bits per heavy atom. The molecule has 0 aliphatic carbocycles. The van der Waals surface area contributed by atoms with Crippen LogP contribution in [0.5, 0.6) is 0 Å². The third-order valence-corrected chi connectivity index (χ3v) is 1.27. The molecule has 5 nitrogen and oxygen atoms in total. The molecule has 0 aromatic carbocycles. The second kappa shape index (κ2) is 9.44. The van der Waals surface area contributed by atoms with Gasteiger partial charge in [-0.25, -0.2) is 4.79 Å². The fourth-order valence-electron chi connectivity index (χ4n) is 0.473. The van der Waals surface area contributed by atoms with Crippen molar-refractivity contribution in [3.63, 3.8) is 0 Å². The van der Waals surface area contributed by atoms with Gasteiger partial charge in [0, 0.05) is 6.67 Å².